The number of aromatic carboxylic acids is 1. The predicted molar refractivity (Wildman–Crippen MR) is 93.2 cm³/mol. The van der Waals surface area contributed by atoms with Gasteiger partial charge in [-0.3, -0.25) is 4.79 Å². The van der Waals surface area contributed by atoms with E-state index in [1.165, 1.54) is 6.20 Å². The van der Waals surface area contributed by atoms with E-state index in [2.05, 4.69) is 10.2 Å². The fourth-order valence-corrected chi connectivity index (χ4v) is 2.91. The van der Waals surface area contributed by atoms with Crippen molar-refractivity contribution >= 4 is 35.0 Å². The van der Waals surface area contributed by atoms with Gasteiger partial charge in [-0.1, -0.05) is 0 Å². The van der Waals surface area contributed by atoms with Gasteiger partial charge in [0.05, 0.1) is 5.52 Å². The van der Waals surface area contributed by atoms with Crippen molar-refractivity contribution in [3.63, 3.8) is 0 Å². The van der Waals surface area contributed by atoms with Crippen molar-refractivity contribution in [3.05, 3.63) is 40.2 Å². The SMILES string of the molecule is CCn1cc(C(=O)O)c(=O)c2ccc(N3CCNCC3)cc21.Cl. The molecule has 23 heavy (non-hydrogen) atoms. The Labute approximate surface area is 140 Å². The molecular weight excluding hydrogens is 318 g/mol. The molecule has 0 bridgehead atoms. The number of carbonyl (C=O) groups is 1. The molecule has 3 rings (SSSR count). The number of halogens is 1. The molecule has 1 aliphatic heterocycles. The van der Waals surface area contributed by atoms with Crippen molar-refractivity contribution in [2.75, 3.05) is 31.1 Å². The van der Waals surface area contributed by atoms with Gasteiger partial charge in [0, 0.05) is 50.0 Å². The van der Waals surface area contributed by atoms with Gasteiger partial charge < -0.3 is 19.9 Å². The van der Waals surface area contributed by atoms with E-state index in [1.807, 2.05) is 23.6 Å². The lowest BCUT2D eigenvalue weighted by molar-refractivity contribution is 0.0695. The number of hydrogen-bond donors (Lipinski definition) is 2. The number of anilines is 1. The van der Waals surface area contributed by atoms with E-state index >= 15 is 0 Å². The summed E-state index contributed by atoms with van der Waals surface area (Å²) in [4.78, 5) is 25.8. The van der Waals surface area contributed by atoms with Gasteiger partial charge in [-0.2, -0.15) is 0 Å². The smallest absolute Gasteiger partial charge is 0.341 e. The highest BCUT2D eigenvalue weighted by Gasteiger charge is 2.16. The summed E-state index contributed by atoms with van der Waals surface area (Å²) < 4.78 is 1.83. The van der Waals surface area contributed by atoms with Crippen LogP contribution in [0, 0.1) is 0 Å². The van der Waals surface area contributed by atoms with Crippen LogP contribution in [0.5, 0.6) is 0 Å². The van der Waals surface area contributed by atoms with Crippen LogP contribution in [0.4, 0.5) is 5.69 Å². The Balaban J connectivity index is 0.00000192. The third-order valence-electron chi connectivity index (χ3n) is 4.12. The third kappa shape index (κ3) is 3.18. The molecule has 1 fully saturated rings. The summed E-state index contributed by atoms with van der Waals surface area (Å²) in [5.41, 5.74) is 1.26. The highest BCUT2D eigenvalue weighted by atomic mass is 35.5. The van der Waals surface area contributed by atoms with E-state index in [4.69, 9.17) is 0 Å². The van der Waals surface area contributed by atoms with Gasteiger partial charge >= 0.3 is 5.97 Å². The van der Waals surface area contributed by atoms with Crippen LogP contribution in [0.1, 0.15) is 17.3 Å². The maximum absolute atomic E-state index is 12.3. The maximum Gasteiger partial charge on any atom is 0.341 e. The molecule has 2 N–H and O–H groups in total. The molecule has 124 valence electrons. The molecule has 1 saturated heterocycles. The summed E-state index contributed by atoms with van der Waals surface area (Å²) >= 11 is 0. The standard InChI is InChI=1S/C16H19N3O3.ClH/c1-2-18-10-13(16(21)22)15(20)12-4-3-11(9-14(12)18)19-7-5-17-6-8-19;/h3-4,9-10,17H,2,5-8H2,1H3,(H,21,22);1H. The van der Waals surface area contributed by atoms with Crippen molar-refractivity contribution in [2.45, 2.75) is 13.5 Å². The first kappa shape index (κ1) is 17.3. The third-order valence-corrected chi connectivity index (χ3v) is 4.12. The highest BCUT2D eigenvalue weighted by Crippen LogP contribution is 2.21. The Kier molecular flexibility index (Phi) is 5.28. The van der Waals surface area contributed by atoms with Gasteiger partial charge in [0.25, 0.3) is 0 Å². The van der Waals surface area contributed by atoms with Crippen LogP contribution >= 0.6 is 12.4 Å². The first-order valence-electron chi connectivity index (χ1n) is 7.48. The molecule has 7 heteroatoms. The van der Waals surface area contributed by atoms with Crippen LogP contribution in [-0.4, -0.2) is 41.8 Å². The number of nitrogens with one attached hydrogen (secondary N) is 1. The molecule has 0 spiro atoms. The Morgan fingerprint density at radius 1 is 1.30 bits per heavy atom. The fraction of sp³-hybridized carbons (Fsp3) is 0.375. The van der Waals surface area contributed by atoms with Crippen molar-refractivity contribution in [1.29, 1.82) is 0 Å². The molecule has 1 aliphatic rings. The van der Waals surface area contributed by atoms with E-state index in [9.17, 15) is 14.7 Å². The van der Waals surface area contributed by atoms with Gasteiger partial charge in [-0.15, -0.1) is 12.4 Å². The van der Waals surface area contributed by atoms with Crippen molar-refractivity contribution < 1.29 is 9.90 Å². The Morgan fingerprint density at radius 2 is 2.00 bits per heavy atom. The Hall–Kier alpha value is -2.05. The second kappa shape index (κ2) is 7.02. The molecule has 6 nitrogen and oxygen atoms in total. The number of carboxylic acids is 1. The number of carboxylic acid groups (broad SMARTS) is 1. The molecular formula is C16H20ClN3O3. The van der Waals surface area contributed by atoms with E-state index in [0.29, 0.717) is 11.9 Å². The van der Waals surface area contributed by atoms with Gasteiger partial charge in [0.2, 0.25) is 5.43 Å². The lowest BCUT2D eigenvalue weighted by Gasteiger charge is -2.29. The molecule has 0 aliphatic carbocycles. The Bertz CT molecular complexity index is 782. The minimum atomic E-state index is -1.18. The van der Waals surface area contributed by atoms with Crippen LogP contribution in [0.2, 0.25) is 0 Å². The lowest BCUT2D eigenvalue weighted by atomic mass is 10.1. The highest BCUT2D eigenvalue weighted by molar-refractivity contribution is 5.93. The predicted octanol–water partition coefficient (Wildman–Crippen LogP) is 1.55. The van der Waals surface area contributed by atoms with Crippen molar-refractivity contribution in [2.24, 2.45) is 0 Å². The van der Waals surface area contributed by atoms with Crippen LogP contribution in [-0.2, 0) is 6.54 Å². The summed E-state index contributed by atoms with van der Waals surface area (Å²) in [6.45, 7) is 6.28. The van der Waals surface area contributed by atoms with E-state index < -0.39 is 11.4 Å². The number of hydrogen-bond acceptors (Lipinski definition) is 4. The number of piperazine rings is 1. The normalized spacial score (nSPS) is 14.6. The first-order valence-corrected chi connectivity index (χ1v) is 7.48. The number of rotatable bonds is 3. The average Bonchev–Trinajstić information content (AvgIpc) is 2.55. The minimum absolute atomic E-state index is 0. The molecule has 0 atom stereocenters. The molecule has 0 saturated carbocycles. The summed E-state index contributed by atoms with van der Waals surface area (Å²) in [5, 5.41) is 12.9. The van der Waals surface area contributed by atoms with Crippen LogP contribution in [0.3, 0.4) is 0 Å². The zero-order valence-electron chi connectivity index (χ0n) is 12.9. The zero-order valence-corrected chi connectivity index (χ0v) is 13.7. The molecule has 0 radical (unpaired) electrons. The van der Waals surface area contributed by atoms with Crippen molar-refractivity contribution in [1.82, 2.24) is 9.88 Å². The largest absolute Gasteiger partial charge is 0.477 e. The lowest BCUT2D eigenvalue weighted by Crippen LogP contribution is -2.43. The van der Waals surface area contributed by atoms with E-state index in [1.54, 1.807) is 6.07 Å². The summed E-state index contributed by atoms with van der Waals surface area (Å²) in [6.07, 6.45) is 1.44. The number of fused-ring (bicyclic) bond motifs is 1. The summed E-state index contributed by atoms with van der Waals surface area (Å²) in [6, 6.07) is 5.63. The first-order chi connectivity index (χ1) is 10.6. The van der Waals surface area contributed by atoms with Crippen LogP contribution < -0.4 is 15.6 Å². The van der Waals surface area contributed by atoms with Crippen LogP contribution in [0.25, 0.3) is 10.9 Å². The molecule has 2 aromatic rings. The number of nitrogens with zero attached hydrogens (tertiary/aromatic N) is 2. The average molecular weight is 338 g/mol. The number of pyridine rings is 1. The maximum atomic E-state index is 12.3. The molecule has 1 aromatic heterocycles. The quantitative estimate of drug-likeness (QED) is 0.889. The topological polar surface area (TPSA) is 74.6 Å². The van der Waals surface area contributed by atoms with E-state index in [-0.39, 0.29) is 18.0 Å². The zero-order chi connectivity index (χ0) is 15.7. The van der Waals surface area contributed by atoms with Gasteiger partial charge in [0.1, 0.15) is 5.56 Å². The summed E-state index contributed by atoms with van der Waals surface area (Å²) in [7, 11) is 0. The molecule has 0 unspecified atom stereocenters. The summed E-state index contributed by atoms with van der Waals surface area (Å²) in [5.74, 6) is -1.18. The monoisotopic (exact) mass is 337 g/mol. The molecule has 0 amide bonds. The molecule has 2 heterocycles. The number of benzene rings is 1. The number of aryl methyl sites for hydroxylation is 1. The van der Waals surface area contributed by atoms with Gasteiger partial charge in [-0.25, -0.2) is 4.79 Å². The Morgan fingerprint density at radius 3 is 2.61 bits per heavy atom. The van der Waals surface area contributed by atoms with Crippen LogP contribution in [0.15, 0.2) is 29.2 Å². The fourth-order valence-electron chi connectivity index (χ4n) is 2.91. The second-order valence-electron chi connectivity index (χ2n) is 5.40. The van der Waals surface area contributed by atoms with Gasteiger partial charge in [-0.05, 0) is 25.1 Å². The molecule has 1 aromatic carbocycles. The van der Waals surface area contributed by atoms with Crippen molar-refractivity contribution in [3.8, 4) is 0 Å². The number of aromatic nitrogens is 1. The second-order valence-corrected chi connectivity index (χ2v) is 5.40. The van der Waals surface area contributed by atoms with Gasteiger partial charge in [0.15, 0.2) is 0 Å². The van der Waals surface area contributed by atoms with E-state index in [0.717, 1.165) is 37.4 Å². The minimum Gasteiger partial charge on any atom is -0.477 e.